The minimum Gasteiger partial charge on any atom is -0.378 e. The number of carbonyl (C=O) groups excluding carboxylic acids is 2. The summed E-state index contributed by atoms with van der Waals surface area (Å²) >= 11 is 1.72. The molecule has 0 aliphatic carbocycles. The van der Waals surface area contributed by atoms with Crippen LogP contribution in [0.5, 0.6) is 0 Å². The van der Waals surface area contributed by atoms with Gasteiger partial charge in [-0.15, -0.1) is 11.3 Å². The molecule has 42 heavy (non-hydrogen) atoms. The zero-order valence-corrected chi connectivity index (χ0v) is 25.0. The zero-order chi connectivity index (χ0) is 29.1. The number of H-pyrrole nitrogens is 1. The summed E-state index contributed by atoms with van der Waals surface area (Å²) in [5.74, 6) is 2.18. The molecule has 0 atom stereocenters. The third-order valence-electron chi connectivity index (χ3n) is 7.75. The molecular weight excluding hydrogens is 548 g/mol. The van der Waals surface area contributed by atoms with E-state index in [0.717, 1.165) is 52.0 Å². The average Bonchev–Trinajstić information content (AvgIpc) is 3.67. The Balaban J connectivity index is 1.21. The molecule has 1 saturated heterocycles. The number of carbonyl (C=O) groups is 2. The van der Waals surface area contributed by atoms with E-state index in [1.54, 1.807) is 17.4 Å². The van der Waals surface area contributed by atoms with Crippen LogP contribution in [-0.4, -0.2) is 76.1 Å². The van der Waals surface area contributed by atoms with E-state index in [2.05, 4.69) is 27.2 Å². The van der Waals surface area contributed by atoms with Crippen molar-refractivity contribution in [3.8, 4) is 11.4 Å². The molecule has 218 valence electrons. The molecule has 1 aromatic carbocycles. The highest BCUT2D eigenvalue weighted by atomic mass is 32.1. The van der Waals surface area contributed by atoms with E-state index in [1.807, 2.05) is 49.2 Å². The number of nitrogens with zero attached hydrogens (tertiary/aromatic N) is 5. The standard InChI is InChI=1S/C32H36N6O3S/c1-21(2)9-10-23(39)5-3-8-29(40)37-13-11-22(12-14-37)28-19-27-30(42-28)32(38-15-17-41-18-16-38)35-31(34-27)24-6-4-7-26-25(24)20-33-36-26/h4,6-7,9-11,19-21H,3,5,8,12-18H2,1-2H3,(H,33,36)/b10-9+. The van der Waals surface area contributed by atoms with E-state index in [0.29, 0.717) is 57.3 Å². The van der Waals surface area contributed by atoms with Crippen LogP contribution in [0.25, 0.3) is 38.1 Å². The molecule has 0 saturated carbocycles. The number of hydrogen-bond donors (Lipinski definition) is 1. The van der Waals surface area contributed by atoms with Gasteiger partial charge in [0.25, 0.3) is 0 Å². The van der Waals surface area contributed by atoms with Crippen molar-refractivity contribution in [3.05, 3.63) is 53.6 Å². The minimum atomic E-state index is 0.0891. The number of anilines is 1. The Bertz CT molecular complexity index is 1660. The SMILES string of the molecule is CC(C)/C=C/C(=O)CCCC(=O)N1CC=C(c2cc3nc(-c4cccc5[nH]ncc45)nc(N4CCOCC4)c3s2)CC1. The lowest BCUT2D eigenvalue weighted by Gasteiger charge is -2.28. The monoisotopic (exact) mass is 584 g/mol. The van der Waals surface area contributed by atoms with Crippen LogP contribution in [-0.2, 0) is 14.3 Å². The third-order valence-corrected chi connectivity index (χ3v) is 8.94. The first-order valence-electron chi connectivity index (χ1n) is 14.7. The van der Waals surface area contributed by atoms with Crippen LogP contribution in [0.2, 0.25) is 0 Å². The summed E-state index contributed by atoms with van der Waals surface area (Å²) in [5, 5.41) is 8.27. The highest BCUT2D eigenvalue weighted by Gasteiger charge is 2.23. The number of ether oxygens (including phenoxy) is 1. The molecule has 1 fully saturated rings. The van der Waals surface area contributed by atoms with Gasteiger partial charge in [-0.2, -0.15) is 5.10 Å². The molecule has 2 aliphatic rings. The van der Waals surface area contributed by atoms with Crippen LogP contribution in [0, 0.1) is 5.92 Å². The predicted molar refractivity (Wildman–Crippen MR) is 168 cm³/mol. The quantitative estimate of drug-likeness (QED) is 0.254. The van der Waals surface area contributed by atoms with Crippen LogP contribution in [0.1, 0.15) is 44.4 Å². The lowest BCUT2D eigenvalue weighted by Crippen LogP contribution is -2.36. The van der Waals surface area contributed by atoms with E-state index >= 15 is 0 Å². The second-order valence-electron chi connectivity index (χ2n) is 11.2. The number of morpholine rings is 1. The third kappa shape index (κ3) is 6.15. The topological polar surface area (TPSA) is 104 Å². The number of benzene rings is 1. The Morgan fingerprint density at radius 1 is 1.14 bits per heavy atom. The first-order chi connectivity index (χ1) is 20.5. The number of aromatic amines is 1. The first-order valence-corrected chi connectivity index (χ1v) is 15.5. The molecule has 9 nitrogen and oxygen atoms in total. The molecule has 0 spiro atoms. The van der Waals surface area contributed by atoms with Crippen molar-refractivity contribution in [2.24, 2.45) is 5.92 Å². The van der Waals surface area contributed by atoms with Crippen molar-refractivity contribution in [1.29, 1.82) is 0 Å². The number of aromatic nitrogens is 4. The zero-order valence-electron chi connectivity index (χ0n) is 24.1. The summed E-state index contributed by atoms with van der Waals surface area (Å²) < 4.78 is 6.70. The van der Waals surface area contributed by atoms with Gasteiger partial charge in [0.2, 0.25) is 5.91 Å². The molecule has 1 amide bonds. The van der Waals surface area contributed by atoms with Crippen molar-refractivity contribution in [2.45, 2.75) is 39.5 Å². The normalized spacial score (nSPS) is 16.2. The fraction of sp³-hybridized carbons (Fsp3) is 0.406. The molecule has 0 radical (unpaired) electrons. The predicted octanol–water partition coefficient (Wildman–Crippen LogP) is 5.64. The van der Waals surface area contributed by atoms with Crippen molar-refractivity contribution >= 4 is 55.5 Å². The summed E-state index contributed by atoms with van der Waals surface area (Å²) in [6, 6.07) is 8.22. The Labute approximate surface area is 249 Å². The van der Waals surface area contributed by atoms with Gasteiger partial charge in [0, 0.05) is 54.8 Å². The van der Waals surface area contributed by atoms with Crippen LogP contribution < -0.4 is 4.90 Å². The second-order valence-corrected chi connectivity index (χ2v) is 12.2. The van der Waals surface area contributed by atoms with E-state index in [-0.39, 0.29) is 11.7 Å². The highest BCUT2D eigenvalue weighted by molar-refractivity contribution is 7.20. The summed E-state index contributed by atoms with van der Waals surface area (Å²) in [7, 11) is 0. The molecule has 3 aromatic heterocycles. The van der Waals surface area contributed by atoms with Crippen LogP contribution in [0.3, 0.4) is 0 Å². The summed E-state index contributed by atoms with van der Waals surface area (Å²) in [6.45, 7) is 8.27. The molecule has 1 N–H and O–H groups in total. The van der Waals surface area contributed by atoms with Gasteiger partial charge in [0.1, 0.15) is 0 Å². The Hall–Kier alpha value is -3.89. The number of rotatable bonds is 9. The minimum absolute atomic E-state index is 0.0891. The summed E-state index contributed by atoms with van der Waals surface area (Å²) in [4.78, 5) is 40.3. The smallest absolute Gasteiger partial charge is 0.222 e. The lowest BCUT2D eigenvalue weighted by molar-refractivity contribution is -0.130. The molecule has 6 rings (SSSR count). The van der Waals surface area contributed by atoms with Crippen LogP contribution in [0.4, 0.5) is 5.82 Å². The maximum absolute atomic E-state index is 12.8. The summed E-state index contributed by atoms with van der Waals surface area (Å²) in [5.41, 5.74) is 4.07. The fourth-order valence-corrected chi connectivity index (χ4v) is 6.60. The van der Waals surface area contributed by atoms with Crippen molar-refractivity contribution in [2.75, 3.05) is 44.3 Å². The molecular formula is C32H36N6O3S. The van der Waals surface area contributed by atoms with Crippen molar-refractivity contribution in [3.63, 3.8) is 0 Å². The van der Waals surface area contributed by atoms with Gasteiger partial charge < -0.3 is 14.5 Å². The van der Waals surface area contributed by atoms with Gasteiger partial charge in [-0.25, -0.2) is 9.97 Å². The number of hydrogen-bond acceptors (Lipinski definition) is 8. The van der Waals surface area contributed by atoms with Gasteiger partial charge in [-0.05, 0) is 42.5 Å². The van der Waals surface area contributed by atoms with E-state index in [1.165, 1.54) is 10.5 Å². The molecule has 5 heterocycles. The fourth-order valence-electron chi connectivity index (χ4n) is 5.42. The molecule has 10 heteroatoms. The Morgan fingerprint density at radius 2 is 2.00 bits per heavy atom. The van der Waals surface area contributed by atoms with Crippen LogP contribution in [0.15, 0.2) is 48.7 Å². The number of fused-ring (bicyclic) bond motifs is 2. The number of ketones is 1. The Kier molecular flexibility index (Phi) is 8.43. The molecule has 0 unspecified atom stereocenters. The van der Waals surface area contributed by atoms with Gasteiger partial charge in [-0.1, -0.05) is 38.1 Å². The Morgan fingerprint density at radius 3 is 2.79 bits per heavy atom. The van der Waals surface area contributed by atoms with E-state index < -0.39 is 0 Å². The van der Waals surface area contributed by atoms with E-state index in [4.69, 9.17) is 14.7 Å². The van der Waals surface area contributed by atoms with Gasteiger partial charge in [0.05, 0.1) is 35.1 Å². The highest BCUT2D eigenvalue weighted by Crippen LogP contribution is 2.39. The molecule has 0 bridgehead atoms. The average molecular weight is 585 g/mol. The first kappa shape index (κ1) is 28.2. The van der Waals surface area contributed by atoms with E-state index in [9.17, 15) is 9.59 Å². The van der Waals surface area contributed by atoms with Gasteiger partial charge in [-0.3, -0.25) is 14.7 Å². The number of allylic oxidation sites excluding steroid dienone is 2. The van der Waals surface area contributed by atoms with Crippen molar-refractivity contribution < 1.29 is 14.3 Å². The lowest BCUT2D eigenvalue weighted by atomic mass is 10.1. The largest absolute Gasteiger partial charge is 0.378 e. The molecule has 4 aromatic rings. The van der Waals surface area contributed by atoms with Gasteiger partial charge >= 0.3 is 0 Å². The number of amides is 1. The second kappa shape index (κ2) is 12.5. The van der Waals surface area contributed by atoms with Gasteiger partial charge in [0.15, 0.2) is 17.4 Å². The maximum Gasteiger partial charge on any atom is 0.222 e. The number of nitrogens with one attached hydrogen (secondary N) is 1. The maximum atomic E-state index is 12.8. The number of thiophene rings is 1. The summed E-state index contributed by atoms with van der Waals surface area (Å²) in [6.07, 6.45) is 9.73. The molecule has 2 aliphatic heterocycles. The van der Waals surface area contributed by atoms with Crippen molar-refractivity contribution in [1.82, 2.24) is 25.1 Å². The van der Waals surface area contributed by atoms with Crippen LogP contribution >= 0.6 is 11.3 Å².